The molecule has 172 valence electrons. The zero-order chi connectivity index (χ0) is 23.7. The van der Waals surface area contributed by atoms with Gasteiger partial charge in [-0.05, 0) is 73.2 Å². The van der Waals surface area contributed by atoms with Crippen molar-refractivity contribution in [3.63, 3.8) is 0 Å². The maximum atomic E-state index is 5.89. The molecule has 1 fully saturated rings. The van der Waals surface area contributed by atoms with E-state index in [-0.39, 0.29) is 12.1 Å². The Morgan fingerprint density at radius 2 is 1.82 bits per heavy atom. The quantitative estimate of drug-likeness (QED) is 0.382. The summed E-state index contributed by atoms with van der Waals surface area (Å²) >= 11 is 5.89. The first-order valence-corrected chi connectivity index (χ1v) is 11.5. The number of hydrogen-bond acceptors (Lipinski definition) is 4. The van der Waals surface area contributed by atoms with E-state index in [0.717, 1.165) is 28.5 Å². The molecule has 7 heteroatoms. The van der Waals surface area contributed by atoms with Crippen LogP contribution in [0.25, 0.3) is 5.69 Å². The van der Waals surface area contributed by atoms with E-state index in [0.29, 0.717) is 10.9 Å². The van der Waals surface area contributed by atoms with Crippen LogP contribution in [0, 0.1) is 6.92 Å². The van der Waals surface area contributed by atoms with E-state index in [1.54, 1.807) is 14.2 Å². The van der Waals surface area contributed by atoms with Crippen molar-refractivity contribution < 1.29 is 9.47 Å². The molecule has 1 saturated heterocycles. The van der Waals surface area contributed by atoms with E-state index < -0.39 is 0 Å². The molecule has 5 rings (SSSR count). The standard InChI is InChI=1S/C27H26N4O2S/c1-18-8-6-9-19(16-18)30-15-7-11-23(30)26-25(21-10-4-5-14-28-21)29-27(34)31(26)22-13-12-20(32-2)17-24(22)33-3/h4-17,25-26H,1-3H3,(H,29,34)/t25-,26+/m0/s1. The molecule has 0 bridgehead atoms. The third kappa shape index (κ3) is 3.88. The van der Waals surface area contributed by atoms with Gasteiger partial charge in [0, 0.05) is 29.8 Å². The Morgan fingerprint density at radius 1 is 0.941 bits per heavy atom. The Kier molecular flexibility index (Phi) is 5.94. The Labute approximate surface area is 204 Å². The van der Waals surface area contributed by atoms with E-state index in [2.05, 4.69) is 69.3 Å². The summed E-state index contributed by atoms with van der Waals surface area (Å²) in [4.78, 5) is 6.78. The summed E-state index contributed by atoms with van der Waals surface area (Å²) in [5.41, 5.74) is 5.17. The van der Waals surface area contributed by atoms with Crippen molar-refractivity contribution in [2.75, 3.05) is 19.1 Å². The van der Waals surface area contributed by atoms with Gasteiger partial charge in [-0.1, -0.05) is 18.2 Å². The van der Waals surface area contributed by atoms with Gasteiger partial charge in [0.05, 0.1) is 31.6 Å². The third-order valence-corrected chi connectivity index (χ3v) is 6.42. The average Bonchev–Trinajstić information content (AvgIpc) is 3.48. The smallest absolute Gasteiger partial charge is 0.174 e. The van der Waals surface area contributed by atoms with Crippen LogP contribution in [-0.2, 0) is 0 Å². The van der Waals surface area contributed by atoms with Crippen molar-refractivity contribution in [3.8, 4) is 17.2 Å². The van der Waals surface area contributed by atoms with Gasteiger partial charge >= 0.3 is 0 Å². The Balaban J connectivity index is 1.69. The minimum Gasteiger partial charge on any atom is -0.497 e. The maximum Gasteiger partial charge on any atom is 0.174 e. The number of nitrogens with one attached hydrogen (secondary N) is 1. The predicted octanol–water partition coefficient (Wildman–Crippen LogP) is 5.38. The molecule has 2 atom stereocenters. The number of methoxy groups -OCH3 is 2. The highest BCUT2D eigenvalue weighted by Crippen LogP contribution is 2.45. The summed E-state index contributed by atoms with van der Waals surface area (Å²) in [6.07, 6.45) is 3.90. The Hall–Kier alpha value is -3.84. The molecule has 4 aromatic rings. The zero-order valence-electron chi connectivity index (χ0n) is 19.3. The second-order valence-electron chi connectivity index (χ2n) is 8.18. The molecule has 1 N–H and O–H groups in total. The van der Waals surface area contributed by atoms with Crippen molar-refractivity contribution >= 4 is 23.0 Å². The fourth-order valence-electron chi connectivity index (χ4n) is 4.55. The average molecular weight is 471 g/mol. The van der Waals surface area contributed by atoms with Crippen molar-refractivity contribution in [1.29, 1.82) is 0 Å². The van der Waals surface area contributed by atoms with E-state index in [9.17, 15) is 0 Å². The van der Waals surface area contributed by atoms with E-state index in [1.165, 1.54) is 5.56 Å². The van der Waals surface area contributed by atoms with Gasteiger partial charge in [-0.25, -0.2) is 0 Å². The number of hydrogen-bond donors (Lipinski definition) is 1. The molecule has 0 aliphatic carbocycles. The lowest BCUT2D eigenvalue weighted by Crippen LogP contribution is -2.30. The van der Waals surface area contributed by atoms with Gasteiger partial charge in [0.1, 0.15) is 17.5 Å². The van der Waals surface area contributed by atoms with Crippen LogP contribution in [0.3, 0.4) is 0 Å². The highest BCUT2D eigenvalue weighted by Gasteiger charge is 2.43. The predicted molar refractivity (Wildman–Crippen MR) is 138 cm³/mol. The van der Waals surface area contributed by atoms with Crippen LogP contribution in [0.5, 0.6) is 11.5 Å². The van der Waals surface area contributed by atoms with Crippen LogP contribution in [-0.4, -0.2) is 28.9 Å². The summed E-state index contributed by atoms with van der Waals surface area (Å²) in [6, 6.07) is 24.1. The normalized spacial score (nSPS) is 17.5. The second-order valence-corrected chi connectivity index (χ2v) is 8.56. The zero-order valence-corrected chi connectivity index (χ0v) is 20.1. The fraction of sp³-hybridized carbons (Fsp3) is 0.185. The van der Waals surface area contributed by atoms with Crippen molar-refractivity contribution in [1.82, 2.24) is 14.9 Å². The van der Waals surface area contributed by atoms with Crippen LogP contribution in [0.1, 0.15) is 29.0 Å². The van der Waals surface area contributed by atoms with Crippen LogP contribution < -0.4 is 19.7 Å². The largest absolute Gasteiger partial charge is 0.497 e. The third-order valence-electron chi connectivity index (χ3n) is 6.11. The Morgan fingerprint density at radius 3 is 2.56 bits per heavy atom. The fourth-order valence-corrected chi connectivity index (χ4v) is 4.89. The summed E-state index contributed by atoms with van der Waals surface area (Å²) in [7, 11) is 3.30. The molecule has 1 aliphatic rings. The first kappa shape index (κ1) is 22.0. The van der Waals surface area contributed by atoms with Gasteiger partial charge in [-0.3, -0.25) is 4.98 Å². The minimum atomic E-state index is -0.166. The molecule has 6 nitrogen and oxygen atoms in total. The molecule has 3 heterocycles. The summed E-state index contributed by atoms with van der Waals surface area (Å²) < 4.78 is 13.4. The molecule has 34 heavy (non-hydrogen) atoms. The highest BCUT2D eigenvalue weighted by atomic mass is 32.1. The summed E-state index contributed by atoms with van der Waals surface area (Å²) in [5.74, 6) is 1.41. The van der Waals surface area contributed by atoms with Crippen LogP contribution in [0.15, 0.2) is 85.2 Å². The number of rotatable bonds is 6. The molecule has 0 radical (unpaired) electrons. The number of benzene rings is 2. The maximum absolute atomic E-state index is 5.89. The lowest BCUT2D eigenvalue weighted by Gasteiger charge is -2.30. The van der Waals surface area contributed by atoms with Crippen LogP contribution >= 0.6 is 12.2 Å². The minimum absolute atomic E-state index is 0.154. The molecular weight excluding hydrogens is 444 g/mol. The van der Waals surface area contributed by atoms with Crippen molar-refractivity contribution in [3.05, 3.63) is 102 Å². The molecular formula is C27H26N4O2S. The highest BCUT2D eigenvalue weighted by molar-refractivity contribution is 7.80. The van der Waals surface area contributed by atoms with Gasteiger partial charge in [-0.15, -0.1) is 0 Å². The van der Waals surface area contributed by atoms with Crippen LogP contribution in [0.4, 0.5) is 5.69 Å². The summed E-state index contributed by atoms with van der Waals surface area (Å²) in [5, 5.41) is 4.13. The van der Waals surface area contributed by atoms with Gasteiger partial charge in [0.15, 0.2) is 5.11 Å². The van der Waals surface area contributed by atoms with E-state index in [1.807, 2.05) is 42.6 Å². The van der Waals surface area contributed by atoms with E-state index >= 15 is 0 Å². The molecule has 0 unspecified atom stereocenters. The van der Waals surface area contributed by atoms with Crippen LogP contribution in [0.2, 0.25) is 0 Å². The monoisotopic (exact) mass is 470 g/mol. The molecule has 0 amide bonds. The second kappa shape index (κ2) is 9.19. The molecule has 0 saturated carbocycles. The number of pyridine rings is 1. The topological polar surface area (TPSA) is 51.5 Å². The van der Waals surface area contributed by atoms with E-state index in [4.69, 9.17) is 21.7 Å². The number of aromatic nitrogens is 2. The SMILES string of the molecule is COc1ccc(N2C(=S)N[C@@H](c3ccccn3)[C@H]2c2cccn2-c2cccc(C)c2)c(OC)c1. The van der Waals surface area contributed by atoms with Gasteiger partial charge in [0.2, 0.25) is 0 Å². The van der Waals surface area contributed by atoms with Gasteiger partial charge in [0.25, 0.3) is 0 Å². The molecule has 0 spiro atoms. The summed E-state index contributed by atoms with van der Waals surface area (Å²) in [6.45, 7) is 2.10. The lowest BCUT2D eigenvalue weighted by atomic mass is 10.0. The number of anilines is 1. The number of ether oxygens (including phenoxy) is 2. The number of nitrogens with zero attached hydrogens (tertiary/aromatic N) is 3. The lowest BCUT2D eigenvalue weighted by molar-refractivity contribution is 0.394. The first-order valence-electron chi connectivity index (χ1n) is 11.1. The van der Waals surface area contributed by atoms with Gasteiger partial charge in [-0.2, -0.15) is 0 Å². The Bertz CT molecular complexity index is 1320. The van der Waals surface area contributed by atoms with Crippen molar-refractivity contribution in [2.24, 2.45) is 0 Å². The number of thiocarbonyl (C=S) groups is 1. The molecule has 1 aliphatic heterocycles. The number of aryl methyl sites for hydroxylation is 1. The van der Waals surface area contributed by atoms with Gasteiger partial charge < -0.3 is 24.3 Å². The molecule has 2 aromatic carbocycles. The molecule has 2 aromatic heterocycles. The first-order chi connectivity index (χ1) is 16.6. The van der Waals surface area contributed by atoms with Crippen molar-refractivity contribution in [2.45, 2.75) is 19.0 Å².